The molecule has 0 saturated carbocycles. The van der Waals surface area contributed by atoms with Crippen molar-refractivity contribution >= 4 is 22.6 Å². The molecule has 0 saturated heterocycles. The number of aromatic nitrogens is 1. The lowest BCUT2D eigenvalue weighted by molar-refractivity contribution is 0.173. The predicted molar refractivity (Wildman–Crippen MR) is 72.0 cm³/mol. The number of pyridine rings is 1. The minimum absolute atomic E-state index is 0.393. The van der Waals surface area contributed by atoms with E-state index in [9.17, 15) is 9.50 Å². The Balaban J connectivity index is 2.08. The van der Waals surface area contributed by atoms with Gasteiger partial charge in [0.15, 0.2) is 0 Å². The van der Waals surface area contributed by atoms with E-state index in [1.807, 2.05) is 24.3 Å². The Morgan fingerprint density at radius 2 is 1.88 bits per heavy atom. The molecule has 0 radical (unpaired) electrons. The Morgan fingerprint density at radius 1 is 1.18 bits per heavy atom. The maximum absolute atomic E-state index is 12.7. The number of aliphatic hydroxyl groups is 1. The van der Waals surface area contributed by atoms with Crippen LogP contribution in [0.1, 0.15) is 17.4 Å². The Labute approximate surface area is 113 Å². The summed E-state index contributed by atoms with van der Waals surface area (Å²) >= 11 is 2.23. The molecule has 0 spiro atoms. The molecule has 1 unspecified atom stereocenters. The molecule has 0 aliphatic rings. The topological polar surface area (TPSA) is 33.1 Å². The third kappa shape index (κ3) is 3.47. The predicted octanol–water partition coefficient (Wildman–Crippen LogP) is 3.10. The Kier molecular flexibility index (Phi) is 4.06. The normalized spacial score (nSPS) is 12.4. The summed E-state index contributed by atoms with van der Waals surface area (Å²) in [6.45, 7) is 0. The summed E-state index contributed by atoms with van der Waals surface area (Å²) in [5.74, 6) is -0.393. The van der Waals surface area contributed by atoms with Crippen molar-refractivity contribution in [1.82, 2.24) is 4.98 Å². The van der Waals surface area contributed by atoms with Gasteiger partial charge in [-0.25, -0.2) is 4.39 Å². The molecule has 0 bridgehead atoms. The van der Waals surface area contributed by atoms with Gasteiger partial charge in [-0.1, -0.05) is 12.1 Å². The molecule has 0 aliphatic carbocycles. The fourth-order valence-corrected chi connectivity index (χ4v) is 1.89. The summed E-state index contributed by atoms with van der Waals surface area (Å²) in [5.41, 5.74) is 1.52. The Morgan fingerprint density at radius 3 is 2.47 bits per heavy atom. The van der Waals surface area contributed by atoms with Crippen molar-refractivity contribution < 1.29 is 9.50 Å². The van der Waals surface area contributed by atoms with Crippen LogP contribution in [0.25, 0.3) is 0 Å². The molecule has 17 heavy (non-hydrogen) atoms. The molecule has 88 valence electrons. The van der Waals surface area contributed by atoms with Crippen LogP contribution in [0.3, 0.4) is 0 Å². The van der Waals surface area contributed by atoms with E-state index in [0.29, 0.717) is 12.1 Å². The van der Waals surface area contributed by atoms with Crippen LogP contribution in [0.15, 0.2) is 42.6 Å². The van der Waals surface area contributed by atoms with Crippen molar-refractivity contribution in [2.75, 3.05) is 0 Å². The summed E-state index contributed by atoms with van der Waals surface area (Å²) in [4.78, 5) is 3.87. The lowest BCUT2D eigenvalue weighted by atomic mass is 10.1. The van der Waals surface area contributed by atoms with Crippen molar-refractivity contribution in [1.29, 1.82) is 0 Å². The largest absolute Gasteiger partial charge is 0.386 e. The van der Waals surface area contributed by atoms with E-state index in [0.717, 1.165) is 15.3 Å². The molecular formula is C13H11FINO. The molecule has 2 rings (SSSR count). The molecule has 1 atom stereocenters. The zero-order valence-corrected chi connectivity index (χ0v) is 11.1. The molecule has 2 nitrogen and oxygen atoms in total. The van der Waals surface area contributed by atoms with Gasteiger partial charge in [-0.2, -0.15) is 0 Å². The van der Waals surface area contributed by atoms with Crippen LogP contribution >= 0.6 is 22.6 Å². The van der Waals surface area contributed by atoms with Crippen LogP contribution in [-0.4, -0.2) is 10.1 Å². The number of nitrogens with zero attached hydrogens (tertiary/aromatic N) is 1. The average Bonchev–Trinajstić information content (AvgIpc) is 2.33. The molecule has 1 N–H and O–H groups in total. The average molecular weight is 343 g/mol. The monoisotopic (exact) mass is 343 g/mol. The summed E-state index contributed by atoms with van der Waals surface area (Å²) < 4.78 is 13.8. The summed E-state index contributed by atoms with van der Waals surface area (Å²) in [5, 5.41) is 9.95. The maximum Gasteiger partial charge on any atom is 0.141 e. The quantitative estimate of drug-likeness (QED) is 0.869. The molecule has 1 aromatic carbocycles. The second kappa shape index (κ2) is 5.55. The SMILES string of the molecule is OC(Cc1ccc(I)cc1)c1ccc(F)cn1. The van der Waals surface area contributed by atoms with Crippen molar-refractivity contribution in [2.45, 2.75) is 12.5 Å². The summed E-state index contributed by atoms with van der Waals surface area (Å²) in [7, 11) is 0. The van der Waals surface area contributed by atoms with Crippen molar-refractivity contribution in [2.24, 2.45) is 0 Å². The third-order valence-electron chi connectivity index (χ3n) is 2.43. The number of hydrogen-bond donors (Lipinski definition) is 1. The van der Waals surface area contributed by atoms with Gasteiger partial charge >= 0.3 is 0 Å². The van der Waals surface area contributed by atoms with E-state index in [-0.39, 0.29) is 0 Å². The van der Waals surface area contributed by atoms with Crippen molar-refractivity contribution in [3.05, 3.63) is 63.2 Å². The van der Waals surface area contributed by atoms with Crippen LogP contribution in [0.2, 0.25) is 0 Å². The fraction of sp³-hybridized carbons (Fsp3) is 0.154. The van der Waals surface area contributed by atoms with Gasteiger partial charge in [0.2, 0.25) is 0 Å². The van der Waals surface area contributed by atoms with E-state index in [2.05, 4.69) is 27.6 Å². The Hall–Kier alpha value is -1.01. The number of benzene rings is 1. The molecule has 1 heterocycles. The van der Waals surface area contributed by atoms with Crippen LogP contribution in [-0.2, 0) is 6.42 Å². The first kappa shape index (κ1) is 12.4. The fourth-order valence-electron chi connectivity index (χ4n) is 1.53. The first-order chi connectivity index (χ1) is 8.15. The smallest absolute Gasteiger partial charge is 0.141 e. The van der Waals surface area contributed by atoms with E-state index >= 15 is 0 Å². The first-order valence-corrected chi connectivity index (χ1v) is 6.27. The molecule has 4 heteroatoms. The molecule has 0 aliphatic heterocycles. The highest BCUT2D eigenvalue weighted by molar-refractivity contribution is 14.1. The highest BCUT2D eigenvalue weighted by Gasteiger charge is 2.09. The van der Waals surface area contributed by atoms with Crippen molar-refractivity contribution in [3.8, 4) is 0 Å². The number of aliphatic hydroxyl groups excluding tert-OH is 1. The van der Waals surface area contributed by atoms with Gasteiger partial charge in [0.05, 0.1) is 18.0 Å². The standard InChI is InChI=1S/C13H11FINO/c14-10-3-6-12(16-8-10)13(17)7-9-1-4-11(15)5-2-9/h1-6,8,13,17H,7H2. The van der Waals surface area contributed by atoms with Gasteiger partial charge in [-0.15, -0.1) is 0 Å². The number of halogens is 2. The maximum atomic E-state index is 12.7. The second-order valence-corrected chi connectivity index (χ2v) is 4.99. The minimum Gasteiger partial charge on any atom is -0.386 e. The van der Waals surface area contributed by atoms with Crippen LogP contribution in [0.5, 0.6) is 0 Å². The molecular weight excluding hydrogens is 332 g/mol. The van der Waals surface area contributed by atoms with Gasteiger partial charge in [0.1, 0.15) is 5.82 Å². The lowest BCUT2D eigenvalue weighted by Crippen LogP contribution is -2.04. The first-order valence-electron chi connectivity index (χ1n) is 5.19. The zero-order valence-electron chi connectivity index (χ0n) is 8.98. The van der Waals surface area contributed by atoms with Crippen LogP contribution in [0.4, 0.5) is 4.39 Å². The highest BCUT2D eigenvalue weighted by atomic mass is 127. The van der Waals surface area contributed by atoms with Gasteiger partial charge < -0.3 is 5.11 Å². The molecule has 0 amide bonds. The second-order valence-electron chi connectivity index (χ2n) is 3.75. The zero-order chi connectivity index (χ0) is 12.3. The van der Waals surface area contributed by atoms with Crippen LogP contribution < -0.4 is 0 Å². The lowest BCUT2D eigenvalue weighted by Gasteiger charge is -2.10. The van der Waals surface area contributed by atoms with Gasteiger partial charge in [-0.3, -0.25) is 4.98 Å². The summed E-state index contributed by atoms with van der Waals surface area (Å²) in [6.07, 6.45) is 0.901. The van der Waals surface area contributed by atoms with E-state index in [4.69, 9.17) is 0 Å². The minimum atomic E-state index is -0.698. The van der Waals surface area contributed by atoms with E-state index < -0.39 is 11.9 Å². The number of hydrogen-bond acceptors (Lipinski definition) is 2. The van der Waals surface area contributed by atoms with Crippen molar-refractivity contribution in [3.63, 3.8) is 0 Å². The number of rotatable bonds is 3. The van der Waals surface area contributed by atoms with E-state index in [1.54, 1.807) is 0 Å². The highest BCUT2D eigenvalue weighted by Crippen LogP contribution is 2.17. The Bertz CT molecular complexity index is 484. The van der Waals surface area contributed by atoms with Gasteiger partial charge in [0, 0.05) is 9.99 Å². The van der Waals surface area contributed by atoms with E-state index in [1.165, 1.54) is 12.1 Å². The van der Waals surface area contributed by atoms with Gasteiger partial charge in [0.25, 0.3) is 0 Å². The third-order valence-corrected chi connectivity index (χ3v) is 3.15. The van der Waals surface area contributed by atoms with Crippen LogP contribution in [0, 0.1) is 9.39 Å². The molecule has 2 aromatic rings. The van der Waals surface area contributed by atoms with Gasteiger partial charge in [-0.05, 0) is 52.4 Å². The summed E-state index contributed by atoms with van der Waals surface area (Å²) in [6, 6.07) is 10.7. The molecule has 0 fully saturated rings. The molecule has 1 aromatic heterocycles.